The van der Waals surface area contributed by atoms with E-state index in [2.05, 4.69) is 17.2 Å². The Kier molecular flexibility index (Phi) is 2.03. The van der Waals surface area contributed by atoms with Crippen molar-refractivity contribution in [2.75, 3.05) is 6.54 Å². The van der Waals surface area contributed by atoms with Crippen molar-refractivity contribution in [1.29, 1.82) is 0 Å². The van der Waals surface area contributed by atoms with Gasteiger partial charge < -0.3 is 0 Å². The molecule has 0 amide bonds. The topological polar surface area (TPSA) is 24.4 Å². The summed E-state index contributed by atoms with van der Waals surface area (Å²) in [5.74, 6) is 0. The van der Waals surface area contributed by atoms with Crippen LogP contribution < -0.4 is 5.32 Å². The monoisotopic (exact) mass is 111 g/mol. The SMILES string of the molecule is [CH2]CC1N=CCCN1. The van der Waals surface area contributed by atoms with Crippen LogP contribution in [0.5, 0.6) is 0 Å². The lowest BCUT2D eigenvalue weighted by atomic mass is 10.3. The zero-order valence-corrected chi connectivity index (χ0v) is 4.93. The fraction of sp³-hybridized carbons (Fsp3) is 0.667. The first kappa shape index (κ1) is 5.76. The molecule has 1 N–H and O–H groups in total. The van der Waals surface area contributed by atoms with Crippen molar-refractivity contribution in [3.05, 3.63) is 6.92 Å². The Hall–Kier alpha value is -0.370. The minimum atomic E-state index is 0.295. The van der Waals surface area contributed by atoms with Crippen molar-refractivity contribution in [1.82, 2.24) is 5.32 Å². The first-order valence-electron chi connectivity index (χ1n) is 2.98. The number of rotatable bonds is 1. The minimum Gasteiger partial charge on any atom is -0.295 e. The molecule has 0 aromatic heterocycles. The van der Waals surface area contributed by atoms with Crippen LogP contribution in [0.1, 0.15) is 12.8 Å². The first-order valence-corrected chi connectivity index (χ1v) is 2.98. The smallest absolute Gasteiger partial charge is 0.0990 e. The lowest BCUT2D eigenvalue weighted by Gasteiger charge is -2.14. The van der Waals surface area contributed by atoms with Gasteiger partial charge in [-0.05, 0) is 19.8 Å². The fourth-order valence-corrected chi connectivity index (χ4v) is 0.746. The van der Waals surface area contributed by atoms with Crippen molar-refractivity contribution in [2.24, 2.45) is 4.99 Å². The summed E-state index contributed by atoms with van der Waals surface area (Å²) < 4.78 is 0. The Morgan fingerprint density at radius 2 is 2.75 bits per heavy atom. The van der Waals surface area contributed by atoms with E-state index in [1.807, 2.05) is 6.21 Å². The van der Waals surface area contributed by atoms with Gasteiger partial charge in [-0.1, -0.05) is 0 Å². The van der Waals surface area contributed by atoms with Gasteiger partial charge in [0.05, 0.1) is 6.17 Å². The highest BCUT2D eigenvalue weighted by molar-refractivity contribution is 5.58. The van der Waals surface area contributed by atoms with E-state index < -0.39 is 0 Å². The molecule has 1 rings (SSSR count). The van der Waals surface area contributed by atoms with Crippen LogP contribution in [0, 0.1) is 6.92 Å². The molecule has 1 aliphatic rings. The molecule has 2 nitrogen and oxygen atoms in total. The van der Waals surface area contributed by atoms with Crippen LogP contribution in [0.3, 0.4) is 0 Å². The lowest BCUT2D eigenvalue weighted by molar-refractivity contribution is 0.527. The van der Waals surface area contributed by atoms with E-state index in [1.54, 1.807) is 0 Å². The molecule has 0 fully saturated rings. The summed E-state index contributed by atoms with van der Waals surface area (Å²) >= 11 is 0. The Morgan fingerprint density at radius 3 is 3.12 bits per heavy atom. The molecule has 0 spiro atoms. The zero-order chi connectivity index (χ0) is 5.82. The van der Waals surface area contributed by atoms with Gasteiger partial charge in [-0.3, -0.25) is 10.3 Å². The van der Waals surface area contributed by atoms with Gasteiger partial charge in [-0.25, -0.2) is 0 Å². The van der Waals surface area contributed by atoms with Crippen LogP contribution >= 0.6 is 0 Å². The normalized spacial score (nSPS) is 28.4. The van der Waals surface area contributed by atoms with E-state index >= 15 is 0 Å². The van der Waals surface area contributed by atoms with Crippen molar-refractivity contribution in [3.8, 4) is 0 Å². The summed E-state index contributed by atoms with van der Waals surface area (Å²) in [5.41, 5.74) is 0. The molecule has 1 aliphatic heterocycles. The molecule has 1 unspecified atom stereocenters. The van der Waals surface area contributed by atoms with Gasteiger partial charge in [0.25, 0.3) is 0 Å². The van der Waals surface area contributed by atoms with Gasteiger partial charge in [0, 0.05) is 12.8 Å². The van der Waals surface area contributed by atoms with E-state index in [-0.39, 0.29) is 0 Å². The van der Waals surface area contributed by atoms with Crippen molar-refractivity contribution in [2.45, 2.75) is 19.0 Å². The molecular weight excluding hydrogens is 100 g/mol. The van der Waals surface area contributed by atoms with Crippen LogP contribution in [0.4, 0.5) is 0 Å². The fourth-order valence-electron chi connectivity index (χ4n) is 0.746. The predicted molar refractivity (Wildman–Crippen MR) is 34.9 cm³/mol. The quantitative estimate of drug-likeness (QED) is 0.526. The van der Waals surface area contributed by atoms with Gasteiger partial charge in [0.15, 0.2) is 0 Å². The van der Waals surface area contributed by atoms with Crippen LogP contribution in [0.25, 0.3) is 0 Å². The molecule has 2 heteroatoms. The number of aliphatic imine (C=N–C) groups is 1. The molecule has 0 aromatic rings. The summed E-state index contributed by atoms with van der Waals surface area (Å²) in [4.78, 5) is 4.15. The highest BCUT2D eigenvalue weighted by Gasteiger charge is 2.02. The van der Waals surface area contributed by atoms with Crippen molar-refractivity contribution >= 4 is 6.21 Å². The molecule has 0 aromatic carbocycles. The second-order valence-corrected chi connectivity index (χ2v) is 1.88. The summed E-state index contributed by atoms with van der Waals surface area (Å²) in [5, 5.41) is 3.21. The third-order valence-corrected chi connectivity index (χ3v) is 1.21. The van der Waals surface area contributed by atoms with E-state index in [9.17, 15) is 0 Å². The lowest BCUT2D eigenvalue weighted by Crippen LogP contribution is -2.31. The van der Waals surface area contributed by atoms with Gasteiger partial charge >= 0.3 is 0 Å². The summed E-state index contributed by atoms with van der Waals surface area (Å²) in [6, 6.07) is 0. The Labute approximate surface area is 50.0 Å². The maximum absolute atomic E-state index is 4.15. The average molecular weight is 111 g/mol. The van der Waals surface area contributed by atoms with Crippen LogP contribution in [-0.2, 0) is 0 Å². The van der Waals surface area contributed by atoms with Gasteiger partial charge in [0.2, 0.25) is 0 Å². The van der Waals surface area contributed by atoms with E-state index in [0.717, 1.165) is 19.4 Å². The standard InChI is InChI=1S/C6H11N2/c1-2-6-7-4-3-5-8-6/h4,6,8H,1-3,5H2. The molecule has 0 saturated heterocycles. The zero-order valence-electron chi connectivity index (χ0n) is 4.93. The molecule has 45 valence electrons. The van der Waals surface area contributed by atoms with E-state index in [0.29, 0.717) is 6.17 Å². The summed E-state index contributed by atoms with van der Waals surface area (Å²) in [7, 11) is 0. The van der Waals surface area contributed by atoms with E-state index in [4.69, 9.17) is 0 Å². The van der Waals surface area contributed by atoms with E-state index in [1.165, 1.54) is 0 Å². The average Bonchev–Trinajstić information content (AvgIpc) is 1.90. The maximum atomic E-state index is 4.15. The Balaban J connectivity index is 2.32. The van der Waals surface area contributed by atoms with Crippen molar-refractivity contribution < 1.29 is 0 Å². The van der Waals surface area contributed by atoms with Crippen LogP contribution in [0.2, 0.25) is 0 Å². The molecule has 0 bridgehead atoms. The highest BCUT2D eigenvalue weighted by Crippen LogP contribution is 1.95. The van der Waals surface area contributed by atoms with Gasteiger partial charge in [0.1, 0.15) is 0 Å². The maximum Gasteiger partial charge on any atom is 0.0990 e. The predicted octanol–water partition coefficient (Wildman–Crippen LogP) is 0.601. The second kappa shape index (κ2) is 2.82. The van der Waals surface area contributed by atoms with Gasteiger partial charge in [-0.2, -0.15) is 0 Å². The third kappa shape index (κ3) is 1.30. The summed E-state index contributed by atoms with van der Waals surface area (Å²) in [6.07, 6.45) is 4.18. The van der Waals surface area contributed by atoms with Crippen molar-refractivity contribution in [3.63, 3.8) is 0 Å². The largest absolute Gasteiger partial charge is 0.295 e. The number of hydrogen-bond donors (Lipinski definition) is 1. The first-order chi connectivity index (χ1) is 3.93. The number of nitrogens with zero attached hydrogens (tertiary/aromatic N) is 1. The van der Waals surface area contributed by atoms with Crippen LogP contribution in [-0.4, -0.2) is 18.9 Å². The number of hydrogen-bond acceptors (Lipinski definition) is 2. The van der Waals surface area contributed by atoms with Gasteiger partial charge in [-0.15, -0.1) is 0 Å². The Bertz CT molecular complexity index is 88.5. The van der Waals surface area contributed by atoms with Crippen LogP contribution in [0.15, 0.2) is 4.99 Å². The molecule has 1 heterocycles. The summed E-state index contributed by atoms with van der Waals surface area (Å²) in [6.45, 7) is 4.79. The molecular formula is C6H11N2. The molecule has 1 radical (unpaired) electrons. The highest BCUT2D eigenvalue weighted by atomic mass is 15.1. The number of nitrogens with one attached hydrogen (secondary N) is 1. The molecule has 0 aliphatic carbocycles. The second-order valence-electron chi connectivity index (χ2n) is 1.88. The Morgan fingerprint density at radius 1 is 1.88 bits per heavy atom. The minimum absolute atomic E-state index is 0.295. The third-order valence-electron chi connectivity index (χ3n) is 1.21. The molecule has 1 atom stereocenters. The molecule has 8 heavy (non-hydrogen) atoms. The molecule has 0 saturated carbocycles.